The predicted molar refractivity (Wildman–Crippen MR) is 72.4 cm³/mol. The molecule has 0 fully saturated rings. The molecule has 21 heavy (non-hydrogen) atoms. The third-order valence-corrected chi connectivity index (χ3v) is 4.34. The Morgan fingerprint density at radius 3 is 2.43 bits per heavy atom. The van der Waals surface area contributed by atoms with E-state index in [4.69, 9.17) is 0 Å². The van der Waals surface area contributed by atoms with Gasteiger partial charge in [0.25, 0.3) is 12.3 Å². The van der Waals surface area contributed by atoms with Gasteiger partial charge in [0.15, 0.2) is 15.5 Å². The number of rotatable bonds is 4. The van der Waals surface area contributed by atoms with Crippen molar-refractivity contribution in [3.05, 3.63) is 34.8 Å². The molecule has 10 heteroatoms. The van der Waals surface area contributed by atoms with Gasteiger partial charge in [0.1, 0.15) is 4.88 Å². The summed E-state index contributed by atoms with van der Waals surface area (Å²) in [5.74, 6) is -0.771. The molecule has 1 aromatic heterocycles. The predicted octanol–water partition coefficient (Wildman–Crippen LogP) is 2.13. The van der Waals surface area contributed by atoms with Crippen LogP contribution >= 0.6 is 11.5 Å². The Labute approximate surface area is 122 Å². The number of aromatic nitrogens is 2. The van der Waals surface area contributed by atoms with Gasteiger partial charge < -0.3 is 5.32 Å². The second-order valence-electron chi connectivity index (χ2n) is 4.04. The summed E-state index contributed by atoms with van der Waals surface area (Å²) in [6.07, 6.45) is -1.84. The van der Waals surface area contributed by atoms with Gasteiger partial charge in [-0.15, -0.1) is 5.10 Å². The van der Waals surface area contributed by atoms with Crippen molar-refractivity contribution in [1.29, 1.82) is 0 Å². The summed E-state index contributed by atoms with van der Waals surface area (Å²) in [4.78, 5) is 11.7. The van der Waals surface area contributed by atoms with Crippen molar-refractivity contribution >= 4 is 33.0 Å². The molecule has 2 rings (SSSR count). The first-order valence-corrected chi connectivity index (χ1v) is 8.17. The van der Waals surface area contributed by atoms with E-state index in [1.807, 2.05) is 0 Å². The number of hydrogen-bond donors (Lipinski definition) is 1. The molecule has 0 unspecified atom stereocenters. The van der Waals surface area contributed by atoms with Gasteiger partial charge in [-0.05, 0) is 35.8 Å². The highest BCUT2D eigenvalue weighted by Gasteiger charge is 2.23. The number of alkyl halides is 2. The fourth-order valence-electron chi connectivity index (χ4n) is 1.47. The number of nitrogens with zero attached hydrogens (tertiary/aromatic N) is 2. The van der Waals surface area contributed by atoms with Crippen LogP contribution in [0.3, 0.4) is 0 Å². The molecule has 1 aromatic carbocycles. The Kier molecular flexibility index (Phi) is 4.28. The molecule has 0 atom stereocenters. The number of nitrogens with one attached hydrogen (secondary N) is 1. The van der Waals surface area contributed by atoms with Crippen LogP contribution in [0.1, 0.15) is 21.8 Å². The first-order valence-electron chi connectivity index (χ1n) is 5.51. The lowest BCUT2D eigenvalue weighted by molar-refractivity contribution is 0.101. The molecule has 2 aromatic rings. The van der Waals surface area contributed by atoms with Gasteiger partial charge in [-0.1, -0.05) is 4.49 Å². The summed E-state index contributed by atoms with van der Waals surface area (Å²) in [5.41, 5.74) is -0.397. The Bertz CT molecular complexity index is 757. The molecule has 0 bridgehead atoms. The Morgan fingerprint density at radius 1 is 1.29 bits per heavy atom. The first kappa shape index (κ1) is 15.4. The topological polar surface area (TPSA) is 89.0 Å². The number of hydrogen-bond acceptors (Lipinski definition) is 6. The van der Waals surface area contributed by atoms with Crippen LogP contribution in [0.4, 0.5) is 14.5 Å². The SMILES string of the molecule is CS(=O)(=O)c1ccc(NC(=O)c2snnc2C(F)F)cc1. The molecule has 6 nitrogen and oxygen atoms in total. The fourth-order valence-corrected chi connectivity index (χ4v) is 2.67. The zero-order valence-corrected chi connectivity index (χ0v) is 12.2. The van der Waals surface area contributed by atoms with Gasteiger partial charge in [-0.25, -0.2) is 17.2 Å². The zero-order valence-electron chi connectivity index (χ0n) is 10.6. The number of halogens is 2. The molecular formula is C11H9F2N3O3S2. The normalized spacial score (nSPS) is 11.6. The smallest absolute Gasteiger partial charge is 0.283 e. The van der Waals surface area contributed by atoms with E-state index in [1.54, 1.807) is 0 Å². The van der Waals surface area contributed by atoms with E-state index in [2.05, 4.69) is 14.9 Å². The van der Waals surface area contributed by atoms with E-state index in [1.165, 1.54) is 24.3 Å². The monoisotopic (exact) mass is 333 g/mol. The van der Waals surface area contributed by atoms with Gasteiger partial charge in [-0.3, -0.25) is 4.79 Å². The molecule has 0 spiro atoms. The van der Waals surface area contributed by atoms with Crippen LogP contribution in [0, 0.1) is 0 Å². The molecule has 0 saturated carbocycles. The van der Waals surface area contributed by atoms with E-state index in [9.17, 15) is 22.0 Å². The minimum atomic E-state index is -3.34. The lowest BCUT2D eigenvalue weighted by atomic mass is 10.3. The average molecular weight is 333 g/mol. The van der Waals surface area contributed by atoms with Crippen LogP contribution < -0.4 is 5.32 Å². The lowest BCUT2D eigenvalue weighted by Crippen LogP contribution is -2.12. The standard InChI is InChI=1S/C11H9F2N3O3S2/c1-21(18,19)7-4-2-6(3-5-7)14-11(17)9-8(10(12)13)15-16-20-9/h2-5,10H,1H3,(H,14,17). The molecular weight excluding hydrogens is 324 g/mol. The zero-order chi connectivity index (χ0) is 15.6. The summed E-state index contributed by atoms with van der Waals surface area (Å²) < 4.78 is 51.1. The highest BCUT2D eigenvalue weighted by molar-refractivity contribution is 7.90. The number of sulfone groups is 1. The molecule has 0 aliphatic carbocycles. The summed E-state index contributed by atoms with van der Waals surface area (Å²) >= 11 is 0.564. The van der Waals surface area contributed by atoms with Gasteiger partial charge >= 0.3 is 0 Å². The van der Waals surface area contributed by atoms with Crippen molar-refractivity contribution in [3.63, 3.8) is 0 Å². The number of benzene rings is 1. The number of anilines is 1. The Hall–Kier alpha value is -1.94. The van der Waals surface area contributed by atoms with Crippen molar-refractivity contribution in [2.75, 3.05) is 11.6 Å². The van der Waals surface area contributed by atoms with E-state index in [0.29, 0.717) is 11.5 Å². The summed E-state index contributed by atoms with van der Waals surface area (Å²) in [5, 5.41) is 5.58. The van der Waals surface area contributed by atoms with Crippen molar-refractivity contribution < 1.29 is 22.0 Å². The first-order chi connectivity index (χ1) is 9.79. The molecule has 1 amide bonds. The molecule has 112 valence electrons. The summed E-state index contributed by atoms with van der Waals surface area (Å²) in [7, 11) is -3.34. The van der Waals surface area contributed by atoms with Crippen LogP contribution in [0.2, 0.25) is 0 Å². The molecule has 0 radical (unpaired) electrons. The van der Waals surface area contributed by atoms with Crippen molar-refractivity contribution in [2.24, 2.45) is 0 Å². The molecule has 1 heterocycles. The van der Waals surface area contributed by atoms with Crippen LogP contribution in [-0.2, 0) is 9.84 Å². The molecule has 1 N–H and O–H groups in total. The number of amides is 1. The second-order valence-corrected chi connectivity index (χ2v) is 6.81. The summed E-state index contributed by atoms with van der Waals surface area (Å²) in [6, 6.07) is 5.35. The minimum Gasteiger partial charge on any atom is -0.321 e. The van der Waals surface area contributed by atoms with Gasteiger partial charge in [0, 0.05) is 11.9 Å². The van der Waals surface area contributed by atoms with Crippen molar-refractivity contribution in [2.45, 2.75) is 11.3 Å². The van der Waals surface area contributed by atoms with Crippen LogP contribution in [-0.4, -0.2) is 30.2 Å². The van der Waals surface area contributed by atoms with Crippen molar-refractivity contribution in [1.82, 2.24) is 9.59 Å². The largest absolute Gasteiger partial charge is 0.321 e. The highest BCUT2D eigenvalue weighted by atomic mass is 32.2. The third kappa shape index (κ3) is 3.58. The minimum absolute atomic E-state index is 0.0909. The van der Waals surface area contributed by atoms with Gasteiger partial charge in [0.05, 0.1) is 4.90 Å². The third-order valence-electron chi connectivity index (χ3n) is 2.47. The lowest BCUT2D eigenvalue weighted by Gasteiger charge is -2.05. The van der Waals surface area contributed by atoms with E-state index in [0.717, 1.165) is 6.26 Å². The van der Waals surface area contributed by atoms with Crippen LogP contribution in [0.15, 0.2) is 29.2 Å². The maximum atomic E-state index is 12.6. The maximum Gasteiger partial charge on any atom is 0.283 e. The van der Waals surface area contributed by atoms with Gasteiger partial charge in [0.2, 0.25) is 0 Å². The van der Waals surface area contributed by atoms with Gasteiger partial charge in [-0.2, -0.15) is 0 Å². The van der Waals surface area contributed by atoms with Crippen molar-refractivity contribution in [3.8, 4) is 0 Å². The van der Waals surface area contributed by atoms with E-state index < -0.39 is 27.9 Å². The molecule has 0 aliphatic heterocycles. The second kappa shape index (κ2) is 5.82. The number of carbonyl (C=O) groups excluding carboxylic acids is 1. The molecule has 0 aliphatic rings. The van der Waals surface area contributed by atoms with E-state index in [-0.39, 0.29) is 15.5 Å². The van der Waals surface area contributed by atoms with Crippen LogP contribution in [0.5, 0.6) is 0 Å². The quantitative estimate of drug-likeness (QED) is 0.926. The van der Waals surface area contributed by atoms with E-state index >= 15 is 0 Å². The fraction of sp³-hybridized carbons (Fsp3) is 0.182. The Morgan fingerprint density at radius 2 is 1.90 bits per heavy atom. The number of carbonyl (C=O) groups is 1. The Balaban J connectivity index is 2.18. The maximum absolute atomic E-state index is 12.6. The molecule has 0 saturated heterocycles. The van der Waals surface area contributed by atoms with Crippen LogP contribution in [0.25, 0.3) is 0 Å². The summed E-state index contributed by atoms with van der Waals surface area (Å²) in [6.45, 7) is 0. The average Bonchev–Trinajstić information content (AvgIpc) is 2.87. The highest BCUT2D eigenvalue weighted by Crippen LogP contribution is 2.24.